The van der Waals surface area contributed by atoms with E-state index in [1.54, 1.807) is 6.07 Å². The number of anilines is 1. The number of rotatable bonds is 8. The normalized spacial score (nSPS) is 11.4. The van der Waals surface area contributed by atoms with Crippen LogP contribution in [0.4, 0.5) is 5.69 Å². The zero-order chi connectivity index (χ0) is 23.4. The second kappa shape index (κ2) is 9.46. The summed E-state index contributed by atoms with van der Waals surface area (Å²) in [5, 5.41) is 0. The van der Waals surface area contributed by atoms with Crippen molar-refractivity contribution in [3.8, 4) is 11.5 Å². The van der Waals surface area contributed by atoms with Crippen LogP contribution >= 0.6 is 0 Å². The Bertz CT molecular complexity index is 1380. The van der Waals surface area contributed by atoms with Gasteiger partial charge in [-0.25, -0.2) is 18.4 Å². The zero-order valence-electron chi connectivity index (χ0n) is 18.7. The van der Waals surface area contributed by atoms with Gasteiger partial charge in [0.05, 0.1) is 37.6 Å². The molecular formula is C25H25N3O4S. The maximum absolute atomic E-state index is 11.9. The first-order valence-electron chi connectivity index (χ1n) is 10.4. The van der Waals surface area contributed by atoms with Gasteiger partial charge in [-0.05, 0) is 11.1 Å². The summed E-state index contributed by atoms with van der Waals surface area (Å²) in [5.41, 5.74) is 5.01. The molecule has 170 valence electrons. The van der Waals surface area contributed by atoms with E-state index in [0.29, 0.717) is 35.4 Å². The zero-order valence-corrected chi connectivity index (χ0v) is 19.5. The molecule has 0 unspecified atom stereocenters. The maximum Gasteiger partial charge on any atom is 0.229 e. The van der Waals surface area contributed by atoms with Crippen molar-refractivity contribution in [1.29, 1.82) is 0 Å². The fourth-order valence-corrected chi connectivity index (χ4v) is 4.28. The van der Waals surface area contributed by atoms with Crippen molar-refractivity contribution in [2.75, 3.05) is 25.2 Å². The maximum atomic E-state index is 11.9. The molecule has 3 aromatic carbocycles. The van der Waals surface area contributed by atoms with Gasteiger partial charge >= 0.3 is 0 Å². The summed E-state index contributed by atoms with van der Waals surface area (Å²) in [7, 11) is -0.552. The Morgan fingerprint density at radius 2 is 1.30 bits per heavy atom. The molecule has 0 bridgehead atoms. The number of benzene rings is 3. The fraction of sp³-hybridized carbons (Fsp3) is 0.200. The molecule has 0 aliphatic rings. The number of hydrogen-bond donors (Lipinski definition) is 1. The number of ether oxygens (including phenoxy) is 2. The number of fused-ring (bicyclic) bond motifs is 1. The van der Waals surface area contributed by atoms with Crippen LogP contribution in [0.1, 0.15) is 22.5 Å². The molecule has 0 aliphatic heterocycles. The average Bonchev–Trinajstić information content (AvgIpc) is 2.79. The summed E-state index contributed by atoms with van der Waals surface area (Å²) in [5.74, 6) is 0.703. The molecule has 8 heteroatoms. The van der Waals surface area contributed by atoms with Crippen LogP contribution in [0.25, 0.3) is 11.0 Å². The van der Waals surface area contributed by atoms with Crippen LogP contribution in [0, 0.1) is 0 Å². The van der Waals surface area contributed by atoms with E-state index in [0.717, 1.165) is 28.8 Å². The topological polar surface area (TPSA) is 90.4 Å². The molecule has 0 fully saturated rings. The van der Waals surface area contributed by atoms with E-state index in [2.05, 4.69) is 16.9 Å². The van der Waals surface area contributed by atoms with Crippen LogP contribution in [-0.2, 0) is 22.9 Å². The minimum absolute atomic E-state index is 0.250. The highest BCUT2D eigenvalue weighted by Gasteiger charge is 2.21. The van der Waals surface area contributed by atoms with Crippen LogP contribution in [0.15, 0.2) is 66.7 Å². The molecule has 1 heterocycles. The van der Waals surface area contributed by atoms with Crippen LogP contribution in [0.3, 0.4) is 0 Å². The minimum Gasteiger partial charge on any atom is -0.494 e. The number of nitrogens with zero attached hydrogens (tertiary/aromatic N) is 2. The van der Waals surface area contributed by atoms with Gasteiger partial charge in [0.2, 0.25) is 10.0 Å². The van der Waals surface area contributed by atoms with Crippen molar-refractivity contribution in [3.63, 3.8) is 0 Å². The highest BCUT2D eigenvalue weighted by atomic mass is 32.2. The Kier molecular flexibility index (Phi) is 6.46. The number of aromatic nitrogens is 2. The van der Waals surface area contributed by atoms with E-state index in [1.165, 1.54) is 14.2 Å². The first-order valence-corrected chi connectivity index (χ1v) is 12.3. The lowest BCUT2D eigenvalue weighted by Gasteiger charge is -2.17. The monoisotopic (exact) mass is 463 g/mol. The van der Waals surface area contributed by atoms with Crippen LogP contribution in [-0.4, -0.2) is 38.9 Å². The van der Waals surface area contributed by atoms with Crippen molar-refractivity contribution in [1.82, 2.24) is 9.97 Å². The standard InChI is InChI=1S/C25H25N3O4S/c1-31-22-16-21(28-33(3,29)30)25(32-2)24-23(22)26-19(14-17-10-6-4-7-11-17)20(27-24)15-18-12-8-5-9-13-18/h4-13,16,28H,14-15H2,1-3H3. The van der Waals surface area contributed by atoms with E-state index >= 15 is 0 Å². The second-order valence-electron chi connectivity index (χ2n) is 7.67. The first kappa shape index (κ1) is 22.5. The molecular weight excluding hydrogens is 438 g/mol. The van der Waals surface area contributed by atoms with Crippen LogP contribution in [0.5, 0.6) is 11.5 Å². The first-order chi connectivity index (χ1) is 15.9. The summed E-state index contributed by atoms with van der Waals surface area (Å²) < 4.78 is 37.5. The largest absolute Gasteiger partial charge is 0.494 e. The quantitative estimate of drug-likeness (QED) is 0.421. The van der Waals surface area contributed by atoms with Gasteiger partial charge in [-0.15, -0.1) is 0 Å². The van der Waals surface area contributed by atoms with E-state index < -0.39 is 10.0 Å². The van der Waals surface area contributed by atoms with E-state index in [4.69, 9.17) is 19.4 Å². The van der Waals surface area contributed by atoms with Gasteiger partial charge in [0, 0.05) is 18.9 Å². The predicted octanol–water partition coefficient (Wildman–Crippen LogP) is 4.20. The molecule has 33 heavy (non-hydrogen) atoms. The van der Waals surface area contributed by atoms with Gasteiger partial charge in [0.1, 0.15) is 16.8 Å². The Balaban J connectivity index is 1.95. The molecule has 0 amide bonds. The summed E-state index contributed by atoms with van der Waals surface area (Å²) in [4.78, 5) is 9.87. The lowest BCUT2D eigenvalue weighted by Crippen LogP contribution is -2.12. The second-order valence-corrected chi connectivity index (χ2v) is 9.42. The minimum atomic E-state index is -3.54. The van der Waals surface area contributed by atoms with Crippen molar-refractivity contribution in [2.24, 2.45) is 0 Å². The van der Waals surface area contributed by atoms with Gasteiger partial charge in [0.25, 0.3) is 0 Å². The van der Waals surface area contributed by atoms with E-state index in [-0.39, 0.29) is 5.69 Å². The van der Waals surface area contributed by atoms with Crippen molar-refractivity contribution >= 4 is 26.7 Å². The van der Waals surface area contributed by atoms with Gasteiger partial charge in [-0.1, -0.05) is 60.7 Å². The SMILES string of the molecule is COc1cc(NS(C)(=O)=O)c(OC)c2nc(Cc3ccccc3)c(Cc3ccccc3)nc12. The van der Waals surface area contributed by atoms with E-state index in [1.807, 2.05) is 48.5 Å². The highest BCUT2D eigenvalue weighted by Crippen LogP contribution is 2.39. The lowest BCUT2D eigenvalue weighted by molar-refractivity contribution is 0.410. The summed E-state index contributed by atoms with van der Waals surface area (Å²) >= 11 is 0. The molecule has 4 rings (SSSR count). The van der Waals surface area contributed by atoms with Crippen LogP contribution in [0.2, 0.25) is 0 Å². The average molecular weight is 464 g/mol. The smallest absolute Gasteiger partial charge is 0.229 e. The number of hydrogen-bond acceptors (Lipinski definition) is 6. The van der Waals surface area contributed by atoms with Gasteiger partial charge in [-0.2, -0.15) is 0 Å². The Morgan fingerprint density at radius 3 is 1.76 bits per heavy atom. The molecule has 0 atom stereocenters. The Hall–Kier alpha value is -3.65. The third-order valence-electron chi connectivity index (χ3n) is 5.17. The fourth-order valence-electron chi connectivity index (χ4n) is 3.73. The molecule has 0 radical (unpaired) electrons. The molecule has 7 nitrogen and oxygen atoms in total. The lowest BCUT2D eigenvalue weighted by atomic mass is 10.0. The molecule has 0 spiro atoms. The Morgan fingerprint density at radius 1 is 0.788 bits per heavy atom. The third kappa shape index (κ3) is 5.23. The van der Waals surface area contributed by atoms with Gasteiger partial charge in [-0.3, -0.25) is 4.72 Å². The van der Waals surface area contributed by atoms with Crippen LogP contribution < -0.4 is 14.2 Å². The predicted molar refractivity (Wildman–Crippen MR) is 130 cm³/mol. The number of methoxy groups -OCH3 is 2. The molecule has 0 aliphatic carbocycles. The molecule has 0 saturated carbocycles. The van der Waals surface area contributed by atoms with Crippen molar-refractivity contribution in [2.45, 2.75) is 12.8 Å². The molecule has 1 N–H and O–H groups in total. The Labute approximate surface area is 193 Å². The van der Waals surface area contributed by atoms with Crippen molar-refractivity contribution < 1.29 is 17.9 Å². The summed E-state index contributed by atoms with van der Waals surface area (Å²) in [6.45, 7) is 0. The molecule has 1 aromatic heterocycles. The third-order valence-corrected chi connectivity index (χ3v) is 5.76. The number of nitrogens with one attached hydrogen (secondary N) is 1. The van der Waals surface area contributed by atoms with E-state index in [9.17, 15) is 8.42 Å². The molecule has 4 aromatic rings. The van der Waals surface area contributed by atoms with Gasteiger partial charge < -0.3 is 9.47 Å². The molecule has 0 saturated heterocycles. The summed E-state index contributed by atoms with van der Waals surface area (Å²) in [6, 6.07) is 21.7. The number of sulfonamides is 1. The summed E-state index contributed by atoms with van der Waals surface area (Å²) in [6.07, 6.45) is 2.25. The highest BCUT2D eigenvalue weighted by molar-refractivity contribution is 7.92. The van der Waals surface area contributed by atoms with Crippen molar-refractivity contribution in [3.05, 3.63) is 89.2 Å². The van der Waals surface area contributed by atoms with Gasteiger partial charge in [0.15, 0.2) is 5.75 Å².